The standard InChI is InChI=1S/C19H18BrClN2O3/c1-26-14-10-12(9-13(20)11-14)5-6-15-16(3-2-4-17(15)21)18-22-7-8-23(18)19(24)25/h2-4,9-11H,5-8H2,1H3,(H,24,25). The van der Waals surface area contributed by atoms with Crippen molar-refractivity contribution < 1.29 is 14.6 Å². The van der Waals surface area contributed by atoms with Crippen molar-refractivity contribution in [2.75, 3.05) is 20.2 Å². The Kier molecular flexibility index (Phi) is 5.84. The van der Waals surface area contributed by atoms with Crippen LogP contribution in [0.3, 0.4) is 0 Å². The molecule has 26 heavy (non-hydrogen) atoms. The van der Waals surface area contributed by atoms with E-state index in [1.54, 1.807) is 7.11 Å². The van der Waals surface area contributed by atoms with Crippen LogP contribution in [0.2, 0.25) is 5.02 Å². The highest BCUT2D eigenvalue weighted by Crippen LogP contribution is 2.27. The van der Waals surface area contributed by atoms with Gasteiger partial charge in [0.2, 0.25) is 0 Å². The van der Waals surface area contributed by atoms with Crippen LogP contribution in [-0.2, 0) is 12.8 Å². The summed E-state index contributed by atoms with van der Waals surface area (Å²) in [5, 5.41) is 10.0. The summed E-state index contributed by atoms with van der Waals surface area (Å²) in [6, 6.07) is 11.4. The van der Waals surface area contributed by atoms with Gasteiger partial charge in [0, 0.05) is 15.1 Å². The summed E-state index contributed by atoms with van der Waals surface area (Å²) < 4.78 is 6.26. The number of carboxylic acid groups (broad SMARTS) is 1. The number of aliphatic imine (C=N–C) groups is 1. The fourth-order valence-corrected chi connectivity index (χ4v) is 3.83. The molecule has 7 heteroatoms. The Morgan fingerprint density at radius 1 is 1.35 bits per heavy atom. The van der Waals surface area contributed by atoms with E-state index in [2.05, 4.69) is 20.9 Å². The summed E-state index contributed by atoms with van der Waals surface area (Å²) in [4.78, 5) is 17.1. The summed E-state index contributed by atoms with van der Waals surface area (Å²) in [5.41, 5.74) is 2.78. The van der Waals surface area contributed by atoms with Gasteiger partial charge in [-0.25, -0.2) is 4.79 Å². The number of aryl methyl sites for hydroxylation is 1. The Hall–Kier alpha value is -2.05. The van der Waals surface area contributed by atoms with Crippen molar-refractivity contribution >= 4 is 39.5 Å². The molecule has 0 unspecified atom stereocenters. The van der Waals surface area contributed by atoms with Crippen molar-refractivity contribution in [2.24, 2.45) is 4.99 Å². The lowest BCUT2D eigenvalue weighted by Crippen LogP contribution is -2.34. The zero-order chi connectivity index (χ0) is 18.7. The van der Waals surface area contributed by atoms with Gasteiger partial charge in [-0.1, -0.05) is 39.7 Å². The monoisotopic (exact) mass is 436 g/mol. The molecule has 0 spiro atoms. The van der Waals surface area contributed by atoms with Crippen LogP contribution in [0.4, 0.5) is 4.79 Å². The number of benzene rings is 2. The fraction of sp³-hybridized carbons (Fsp3) is 0.263. The van der Waals surface area contributed by atoms with E-state index in [0.29, 0.717) is 30.4 Å². The Morgan fingerprint density at radius 2 is 2.15 bits per heavy atom. The molecule has 2 aromatic rings. The van der Waals surface area contributed by atoms with Gasteiger partial charge in [-0.3, -0.25) is 9.89 Å². The normalized spacial score (nSPS) is 13.7. The molecule has 2 aromatic carbocycles. The summed E-state index contributed by atoms with van der Waals surface area (Å²) in [6.45, 7) is 0.843. The maximum atomic E-state index is 11.5. The van der Waals surface area contributed by atoms with E-state index in [1.807, 2.05) is 36.4 Å². The number of hydrogen-bond acceptors (Lipinski definition) is 3. The molecule has 0 saturated carbocycles. The second-order valence-corrected chi connectivity index (χ2v) is 7.23. The van der Waals surface area contributed by atoms with Crippen LogP contribution < -0.4 is 4.74 Å². The van der Waals surface area contributed by atoms with E-state index in [1.165, 1.54) is 4.90 Å². The average Bonchev–Trinajstić information content (AvgIpc) is 3.10. The van der Waals surface area contributed by atoms with E-state index in [-0.39, 0.29) is 0 Å². The van der Waals surface area contributed by atoms with Crippen LogP contribution in [0.25, 0.3) is 0 Å². The SMILES string of the molecule is COc1cc(Br)cc(CCc2c(Cl)cccc2C2=NCCN2C(=O)O)c1. The minimum absolute atomic E-state index is 0.374. The highest BCUT2D eigenvalue weighted by atomic mass is 79.9. The molecule has 0 atom stereocenters. The van der Waals surface area contributed by atoms with Gasteiger partial charge in [-0.05, 0) is 48.2 Å². The zero-order valence-corrected chi connectivity index (χ0v) is 16.5. The highest BCUT2D eigenvalue weighted by Gasteiger charge is 2.26. The Morgan fingerprint density at radius 3 is 2.88 bits per heavy atom. The van der Waals surface area contributed by atoms with Crippen LogP contribution >= 0.6 is 27.5 Å². The van der Waals surface area contributed by atoms with Gasteiger partial charge in [0.05, 0.1) is 20.2 Å². The van der Waals surface area contributed by atoms with Gasteiger partial charge in [-0.2, -0.15) is 0 Å². The average molecular weight is 438 g/mol. The number of amides is 1. The Bertz CT molecular complexity index is 870. The molecule has 1 N–H and O–H groups in total. The highest BCUT2D eigenvalue weighted by molar-refractivity contribution is 9.10. The summed E-state index contributed by atoms with van der Waals surface area (Å²) in [7, 11) is 1.64. The molecule has 0 aromatic heterocycles. The molecule has 1 aliphatic heterocycles. The van der Waals surface area contributed by atoms with E-state index >= 15 is 0 Å². The molecular formula is C19H18BrClN2O3. The molecule has 0 saturated heterocycles. The molecule has 0 aliphatic carbocycles. The first kappa shape index (κ1) is 18.7. The molecule has 0 radical (unpaired) electrons. The number of amidine groups is 1. The van der Waals surface area contributed by atoms with Crippen LogP contribution in [0, 0.1) is 0 Å². The van der Waals surface area contributed by atoms with Crippen molar-refractivity contribution in [3.63, 3.8) is 0 Å². The predicted octanol–water partition coefficient (Wildman–Crippen LogP) is 4.64. The maximum Gasteiger partial charge on any atom is 0.413 e. The molecule has 3 rings (SSSR count). The molecule has 136 valence electrons. The second kappa shape index (κ2) is 8.10. The molecule has 0 bridgehead atoms. The lowest BCUT2D eigenvalue weighted by atomic mass is 9.98. The number of methoxy groups -OCH3 is 1. The smallest absolute Gasteiger partial charge is 0.413 e. The quantitative estimate of drug-likeness (QED) is 0.741. The first-order valence-electron chi connectivity index (χ1n) is 8.15. The van der Waals surface area contributed by atoms with Gasteiger partial charge < -0.3 is 9.84 Å². The van der Waals surface area contributed by atoms with E-state index < -0.39 is 6.09 Å². The Balaban J connectivity index is 1.89. The van der Waals surface area contributed by atoms with Crippen LogP contribution in [0.5, 0.6) is 5.75 Å². The number of ether oxygens (including phenoxy) is 1. The largest absolute Gasteiger partial charge is 0.497 e. The van der Waals surface area contributed by atoms with Gasteiger partial charge in [0.15, 0.2) is 0 Å². The number of nitrogens with zero attached hydrogens (tertiary/aromatic N) is 2. The van der Waals surface area contributed by atoms with Crippen molar-refractivity contribution in [1.29, 1.82) is 0 Å². The van der Waals surface area contributed by atoms with E-state index in [4.69, 9.17) is 16.3 Å². The minimum atomic E-state index is -0.996. The minimum Gasteiger partial charge on any atom is -0.497 e. The van der Waals surface area contributed by atoms with Crippen molar-refractivity contribution in [1.82, 2.24) is 4.90 Å². The molecule has 1 amide bonds. The van der Waals surface area contributed by atoms with Crippen LogP contribution in [0.1, 0.15) is 16.7 Å². The topological polar surface area (TPSA) is 62.1 Å². The molecule has 1 aliphatic rings. The van der Waals surface area contributed by atoms with Crippen molar-refractivity contribution in [2.45, 2.75) is 12.8 Å². The summed E-state index contributed by atoms with van der Waals surface area (Å²) >= 11 is 9.93. The second-order valence-electron chi connectivity index (χ2n) is 5.90. The predicted molar refractivity (Wildman–Crippen MR) is 106 cm³/mol. The van der Waals surface area contributed by atoms with Gasteiger partial charge in [0.1, 0.15) is 11.6 Å². The third-order valence-electron chi connectivity index (χ3n) is 4.26. The maximum absolute atomic E-state index is 11.5. The lowest BCUT2D eigenvalue weighted by Gasteiger charge is -2.18. The number of carbonyl (C=O) groups is 1. The molecular weight excluding hydrogens is 420 g/mol. The van der Waals surface area contributed by atoms with Gasteiger partial charge in [0.25, 0.3) is 0 Å². The third kappa shape index (κ3) is 4.02. The Labute approximate surface area is 165 Å². The molecule has 1 heterocycles. The van der Waals surface area contributed by atoms with Gasteiger partial charge >= 0.3 is 6.09 Å². The number of halogens is 2. The van der Waals surface area contributed by atoms with Crippen molar-refractivity contribution in [3.8, 4) is 5.75 Å². The van der Waals surface area contributed by atoms with Crippen LogP contribution in [-0.4, -0.2) is 42.1 Å². The lowest BCUT2D eigenvalue weighted by molar-refractivity contribution is 0.172. The van der Waals surface area contributed by atoms with E-state index in [9.17, 15) is 9.90 Å². The molecule has 0 fully saturated rings. The van der Waals surface area contributed by atoms with Crippen LogP contribution in [0.15, 0.2) is 45.9 Å². The summed E-state index contributed by atoms with van der Waals surface area (Å²) in [6.07, 6.45) is 0.414. The zero-order valence-electron chi connectivity index (χ0n) is 14.2. The fourth-order valence-electron chi connectivity index (χ4n) is 3.04. The van der Waals surface area contributed by atoms with Crippen molar-refractivity contribution in [3.05, 3.63) is 62.6 Å². The van der Waals surface area contributed by atoms with Gasteiger partial charge in [-0.15, -0.1) is 0 Å². The van der Waals surface area contributed by atoms with E-state index in [0.717, 1.165) is 33.3 Å². The first-order valence-corrected chi connectivity index (χ1v) is 9.33. The molecule has 5 nitrogen and oxygen atoms in total. The third-order valence-corrected chi connectivity index (χ3v) is 5.07. The summed E-state index contributed by atoms with van der Waals surface area (Å²) in [5.74, 6) is 1.26. The number of rotatable bonds is 5. The first-order chi connectivity index (χ1) is 12.5. The number of hydrogen-bond donors (Lipinski definition) is 1.